The van der Waals surface area contributed by atoms with Crippen LogP contribution in [-0.2, 0) is 6.42 Å². The molecule has 2 aromatic carbocycles. The highest BCUT2D eigenvalue weighted by molar-refractivity contribution is 6.06. The SMILES string of the molecule is CCc1ccccc1N(C)C(=O)c1cc2cc3ccc(C)cc3[nH+]c2o1. The number of amides is 1. The Morgan fingerprint density at radius 1 is 1.08 bits per heavy atom. The molecule has 130 valence electrons. The van der Waals surface area contributed by atoms with Crippen molar-refractivity contribution in [2.45, 2.75) is 20.3 Å². The van der Waals surface area contributed by atoms with Crippen LogP contribution in [0.3, 0.4) is 0 Å². The summed E-state index contributed by atoms with van der Waals surface area (Å²) in [5.74, 6) is 0.174. The average molecular weight is 345 g/mol. The molecule has 4 heteroatoms. The van der Waals surface area contributed by atoms with Gasteiger partial charge in [0.1, 0.15) is 0 Å². The molecule has 4 rings (SSSR count). The summed E-state index contributed by atoms with van der Waals surface area (Å²) in [5, 5.41) is 1.98. The number of nitrogens with one attached hydrogen (secondary N) is 1. The summed E-state index contributed by atoms with van der Waals surface area (Å²) in [6.45, 7) is 4.13. The molecule has 1 N–H and O–H groups in total. The van der Waals surface area contributed by atoms with E-state index >= 15 is 0 Å². The van der Waals surface area contributed by atoms with E-state index in [4.69, 9.17) is 4.42 Å². The number of rotatable bonds is 3. The third-order valence-corrected chi connectivity index (χ3v) is 4.78. The van der Waals surface area contributed by atoms with E-state index in [2.05, 4.69) is 37.0 Å². The summed E-state index contributed by atoms with van der Waals surface area (Å²) in [4.78, 5) is 17.9. The number of anilines is 1. The number of aromatic nitrogens is 1. The maximum absolute atomic E-state index is 12.9. The highest BCUT2D eigenvalue weighted by Gasteiger charge is 2.22. The van der Waals surface area contributed by atoms with E-state index < -0.39 is 0 Å². The minimum atomic E-state index is -0.157. The predicted molar refractivity (Wildman–Crippen MR) is 104 cm³/mol. The van der Waals surface area contributed by atoms with Crippen molar-refractivity contribution in [3.63, 3.8) is 0 Å². The number of aromatic amines is 1. The third kappa shape index (κ3) is 2.73. The number of fused-ring (bicyclic) bond motifs is 2. The molecule has 0 aliphatic heterocycles. The molecular formula is C22H21N2O2+. The van der Waals surface area contributed by atoms with Crippen LogP contribution in [0, 0.1) is 6.92 Å². The van der Waals surface area contributed by atoms with Crippen LogP contribution < -0.4 is 9.88 Å². The van der Waals surface area contributed by atoms with E-state index in [9.17, 15) is 4.79 Å². The number of pyridine rings is 1. The molecule has 0 saturated carbocycles. The average Bonchev–Trinajstić information content (AvgIpc) is 3.07. The van der Waals surface area contributed by atoms with Crippen LogP contribution in [0.1, 0.15) is 28.6 Å². The molecule has 4 nitrogen and oxygen atoms in total. The molecular weight excluding hydrogens is 324 g/mol. The molecule has 0 fully saturated rings. The Labute approximate surface area is 152 Å². The standard InChI is InChI=1S/C22H20N2O2/c1-4-15-7-5-6-8-19(15)24(3)22(25)20-13-17-12-16-10-9-14(2)11-18(16)23-21(17)26-20/h5-13H,4H2,1-3H3/p+1. The number of para-hydroxylation sites is 1. The van der Waals surface area contributed by atoms with Gasteiger partial charge in [0.25, 0.3) is 5.91 Å². The number of carbonyl (C=O) groups excluding carboxylic acids is 1. The van der Waals surface area contributed by atoms with Gasteiger partial charge in [0.2, 0.25) is 5.52 Å². The monoisotopic (exact) mass is 345 g/mol. The first-order chi connectivity index (χ1) is 12.6. The molecule has 0 aliphatic carbocycles. The molecule has 2 aromatic heterocycles. The highest BCUT2D eigenvalue weighted by Crippen LogP contribution is 2.25. The van der Waals surface area contributed by atoms with Crippen LogP contribution in [0.15, 0.2) is 59.0 Å². The minimum Gasteiger partial charge on any atom is -0.399 e. The number of H-pyrrole nitrogens is 1. The predicted octanol–water partition coefficient (Wildman–Crippen LogP) is 4.55. The summed E-state index contributed by atoms with van der Waals surface area (Å²) >= 11 is 0. The fourth-order valence-electron chi connectivity index (χ4n) is 3.32. The summed E-state index contributed by atoms with van der Waals surface area (Å²) in [6, 6.07) is 18.0. The maximum Gasteiger partial charge on any atom is 0.379 e. The number of nitrogens with zero attached hydrogens (tertiary/aromatic N) is 1. The molecule has 0 spiro atoms. The van der Waals surface area contributed by atoms with Gasteiger partial charge in [0.05, 0.1) is 5.39 Å². The Hall–Kier alpha value is -3.14. The lowest BCUT2D eigenvalue weighted by molar-refractivity contribution is -0.322. The first kappa shape index (κ1) is 16.3. The molecule has 0 bridgehead atoms. The number of aryl methyl sites for hydroxylation is 2. The number of hydrogen-bond donors (Lipinski definition) is 0. The second-order valence-electron chi connectivity index (χ2n) is 6.60. The summed E-state index contributed by atoms with van der Waals surface area (Å²) in [5.41, 5.74) is 4.82. The largest absolute Gasteiger partial charge is 0.399 e. The Bertz CT molecular complexity index is 1130. The molecule has 0 radical (unpaired) electrons. The minimum absolute atomic E-state index is 0.157. The van der Waals surface area contributed by atoms with E-state index in [-0.39, 0.29) is 5.91 Å². The van der Waals surface area contributed by atoms with Crippen molar-refractivity contribution in [3.05, 3.63) is 71.5 Å². The van der Waals surface area contributed by atoms with Crippen LogP contribution in [0.2, 0.25) is 0 Å². The van der Waals surface area contributed by atoms with E-state index in [1.165, 1.54) is 5.56 Å². The number of hydrogen-bond acceptors (Lipinski definition) is 2. The van der Waals surface area contributed by atoms with E-state index in [0.29, 0.717) is 11.5 Å². The summed E-state index contributed by atoms with van der Waals surface area (Å²) in [7, 11) is 1.79. The van der Waals surface area contributed by atoms with Gasteiger partial charge in [-0.2, -0.15) is 4.98 Å². The second kappa shape index (κ2) is 6.30. The molecule has 2 heterocycles. The number of benzene rings is 2. The van der Waals surface area contributed by atoms with Crippen molar-refractivity contribution >= 4 is 33.6 Å². The van der Waals surface area contributed by atoms with Crippen molar-refractivity contribution in [3.8, 4) is 0 Å². The van der Waals surface area contributed by atoms with E-state index in [0.717, 1.165) is 34.0 Å². The van der Waals surface area contributed by atoms with Crippen LogP contribution in [0.5, 0.6) is 0 Å². The lowest BCUT2D eigenvalue weighted by Gasteiger charge is -2.18. The van der Waals surface area contributed by atoms with Gasteiger partial charge in [0, 0.05) is 30.3 Å². The van der Waals surface area contributed by atoms with Crippen LogP contribution in [0.25, 0.3) is 22.0 Å². The first-order valence-corrected chi connectivity index (χ1v) is 8.79. The molecule has 0 saturated heterocycles. The van der Waals surface area contributed by atoms with Gasteiger partial charge in [-0.3, -0.25) is 4.79 Å². The van der Waals surface area contributed by atoms with Crippen LogP contribution in [0.4, 0.5) is 5.69 Å². The van der Waals surface area contributed by atoms with Crippen molar-refractivity contribution in [2.75, 3.05) is 11.9 Å². The quantitative estimate of drug-likeness (QED) is 0.547. The van der Waals surface area contributed by atoms with Gasteiger partial charge in [-0.05, 0) is 42.7 Å². The molecule has 0 atom stereocenters. The maximum atomic E-state index is 12.9. The molecule has 26 heavy (non-hydrogen) atoms. The molecule has 4 aromatic rings. The molecule has 0 unspecified atom stereocenters. The highest BCUT2D eigenvalue weighted by atomic mass is 16.4. The lowest BCUT2D eigenvalue weighted by atomic mass is 10.1. The van der Waals surface area contributed by atoms with Crippen LogP contribution >= 0.6 is 0 Å². The van der Waals surface area contributed by atoms with Crippen molar-refractivity contribution in [1.29, 1.82) is 0 Å². The third-order valence-electron chi connectivity index (χ3n) is 4.78. The molecule has 1 amide bonds. The lowest BCUT2D eigenvalue weighted by Crippen LogP contribution is -2.26. The zero-order chi connectivity index (χ0) is 18.3. The molecule has 0 aliphatic rings. The first-order valence-electron chi connectivity index (χ1n) is 8.79. The Morgan fingerprint density at radius 3 is 2.69 bits per heavy atom. The number of carbonyl (C=O) groups is 1. The van der Waals surface area contributed by atoms with Crippen LogP contribution in [-0.4, -0.2) is 13.0 Å². The van der Waals surface area contributed by atoms with Gasteiger partial charge in [0.15, 0.2) is 5.76 Å². The van der Waals surface area contributed by atoms with Crippen molar-refractivity contribution < 1.29 is 14.2 Å². The van der Waals surface area contributed by atoms with E-state index in [1.54, 1.807) is 18.0 Å². The second-order valence-corrected chi connectivity index (χ2v) is 6.60. The van der Waals surface area contributed by atoms with E-state index in [1.807, 2.05) is 30.3 Å². The van der Waals surface area contributed by atoms with Crippen molar-refractivity contribution in [1.82, 2.24) is 0 Å². The summed E-state index contributed by atoms with van der Waals surface area (Å²) in [6.07, 6.45) is 0.868. The Kier molecular flexibility index (Phi) is 3.96. The van der Waals surface area contributed by atoms with Crippen molar-refractivity contribution in [2.24, 2.45) is 0 Å². The summed E-state index contributed by atoms with van der Waals surface area (Å²) < 4.78 is 5.85. The topological polar surface area (TPSA) is 47.6 Å². The van der Waals surface area contributed by atoms with Gasteiger partial charge in [-0.25, -0.2) is 0 Å². The zero-order valence-electron chi connectivity index (χ0n) is 15.2. The zero-order valence-corrected chi connectivity index (χ0v) is 15.2. The Balaban J connectivity index is 1.75. The van der Waals surface area contributed by atoms with Gasteiger partial charge < -0.3 is 9.32 Å². The Morgan fingerprint density at radius 2 is 1.88 bits per heavy atom. The van der Waals surface area contributed by atoms with Gasteiger partial charge in [-0.15, -0.1) is 0 Å². The smallest absolute Gasteiger partial charge is 0.379 e. The fourth-order valence-corrected chi connectivity index (χ4v) is 3.32. The fraction of sp³-hybridized carbons (Fsp3) is 0.182. The number of furan rings is 1. The van der Waals surface area contributed by atoms with Gasteiger partial charge >= 0.3 is 5.71 Å². The normalized spacial score (nSPS) is 11.2. The van der Waals surface area contributed by atoms with Gasteiger partial charge in [-0.1, -0.05) is 31.2 Å².